The van der Waals surface area contributed by atoms with E-state index in [9.17, 15) is 9.18 Å². The Bertz CT molecular complexity index is 740. The van der Waals surface area contributed by atoms with Crippen molar-refractivity contribution in [3.63, 3.8) is 0 Å². The number of ether oxygens (including phenoxy) is 1. The first-order valence-electron chi connectivity index (χ1n) is 8.24. The second kappa shape index (κ2) is 6.53. The Morgan fingerprint density at radius 1 is 1.25 bits per heavy atom. The number of nitrogens with zero attached hydrogens (tertiary/aromatic N) is 1. The van der Waals surface area contributed by atoms with Gasteiger partial charge in [0.15, 0.2) is 5.06 Å². The maximum absolute atomic E-state index is 13.3. The average Bonchev–Trinajstić information content (AvgIpc) is 3.04. The lowest BCUT2D eigenvalue weighted by molar-refractivity contribution is 0.0726. The number of hydrogen-bond donors (Lipinski definition) is 1. The van der Waals surface area contributed by atoms with E-state index >= 15 is 0 Å². The van der Waals surface area contributed by atoms with E-state index in [2.05, 4.69) is 10.2 Å². The maximum Gasteiger partial charge on any atom is 0.413 e. The number of hydrogen-bond acceptors (Lipinski definition) is 4. The van der Waals surface area contributed by atoms with Crippen LogP contribution in [0.2, 0.25) is 0 Å². The quantitative estimate of drug-likeness (QED) is 0.921. The molecule has 4 nitrogen and oxygen atoms in total. The van der Waals surface area contributed by atoms with Gasteiger partial charge in [0, 0.05) is 17.5 Å². The zero-order valence-electron chi connectivity index (χ0n) is 13.2. The summed E-state index contributed by atoms with van der Waals surface area (Å²) in [7, 11) is 0. The van der Waals surface area contributed by atoms with Crippen molar-refractivity contribution < 1.29 is 13.9 Å². The second-order valence-electron chi connectivity index (χ2n) is 6.41. The lowest BCUT2D eigenvalue weighted by Crippen LogP contribution is -2.57. The van der Waals surface area contributed by atoms with Crippen LogP contribution in [0, 0.1) is 11.7 Å². The van der Waals surface area contributed by atoms with Crippen LogP contribution >= 0.6 is 11.3 Å². The molecule has 3 aliphatic heterocycles. The highest BCUT2D eigenvalue weighted by atomic mass is 32.1. The van der Waals surface area contributed by atoms with E-state index < -0.39 is 6.09 Å². The van der Waals surface area contributed by atoms with Gasteiger partial charge in [-0.2, -0.15) is 0 Å². The summed E-state index contributed by atoms with van der Waals surface area (Å²) in [5.74, 6) is 0.289. The summed E-state index contributed by atoms with van der Waals surface area (Å²) in [4.78, 5) is 15.4. The predicted molar refractivity (Wildman–Crippen MR) is 91.8 cm³/mol. The molecule has 5 rings (SSSR count). The van der Waals surface area contributed by atoms with Crippen LogP contribution in [0.25, 0.3) is 10.4 Å². The second-order valence-corrected chi connectivity index (χ2v) is 7.45. The van der Waals surface area contributed by atoms with Crippen LogP contribution in [0.15, 0.2) is 36.4 Å². The number of amides is 1. The van der Waals surface area contributed by atoms with Gasteiger partial charge in [-0.05, 0) is 61.7 Å². The van der Waals surface area contributed by atoms with Gasteiger partial charge in [-0.15, -0.1) is 0 Å². The molecule has 6 heteroatoms. The van der Waals surface area contributed by atoms with Crippen LogP contribution in [-0.2, 0) is 0 Å². The Balaban J connectivity index is 1.38. The average molecular weight is 346 g/mol. The standard InChI is InChI=1S/C18H19FN2O2S/c19-14-3-1-2-13(10-14)16-4-5-17(24-16)23-18(22)20-15-11-21-8-6-12(15)7-9-21/h1-5,10,12,15H,6-9,11H2,(H,20,22). The van der Waals surface area contributed by atoms with E-state index in [0.29, 0.717) is 11.0 Å². The van der Waals surface area contributed by atoms with Crippen LogP contribution in [0.1, 0.15) is 12.8 Å². The van der Waals surface area contributed by atoms with Crippen LogP contribution in [0.3, 0.4) is 0 Å². The largest absolute Gasteiger partial charge is 0.413 e. The first-order chi connectivity index (χ1) is 11.7. The Morgan fingerprint density at radius 2 is 2.08 bits per heavy atom. The molecule has 1 atom stereocenters. The molecule has 1 unspecified atom stereocenters. The van der Waals surface area contributed by atoms with Gasteiger partial charge in [0.2, 0.25) is 0 Å². The monoisotopic (exact) mass is 346 g/mol. The van der Waals surface area contributed by atoms with E-state index in [1.165, 1.54) is 23.5 Å². The summed E-state index contributed by atoms with van der Waals surface area (Å²) in [6.07, 6.45) is 1.89. The summed E-state index contributed by atoms with van der Waals surface area (Å²) in [6, 6.07) is 10.2. The fourth-order valence-corrected chi connectivity index (χ4v) is 4.42. The SMILES string of the molecule is O=C(NC1CN2CCC1CC2)Oc1ccc(-c2cccc(F)c2)s1. The Hall–Kier alpha value is -1.92. The van der Waals surface area contributed by atoms with Crippen molar-refractivity contribution in [1.29, 1.82) is 0 Å². The molecule has 3 aliphatic rings. The fourth-order valence-electron chi connectivity index (χ4n) is 3.57. The smallest absolute Gasteiger partial charge is 0.399 e. The minimum Gasteiger partial charge on any atom is -0.399 e. The minimum absolute atomic E-state index is 0.183. The van der Waals surface area contributed by atoms with Crippen molar-refractivity contribution in [3.05, 3.63) is 42.2 Å². The molecule has 0 radical (unpaired) electrons. The van der Waals surface area contributed by atoms with E-state index in [-0.39, 0.29) is 11.9 Å². The number of nitrogens with one attached hydrogen (secondary N) is 1. The summed E-state index contributed by atoms with van der Waals surface area (Å²) < 4.78 is 18.7. The third kappa shape index (κ3) is 3.30. The number of carbonyl (C=O) groups excluding carboxylic acids is 1. The summed E-state index contributed by atoms with van der Waals surface area (Å²) in [5.41, 5.74) is 0.785. The number of benzene rings is 1. The van der Waals surface area contributed by atoms with Crippen molar-refractivity contribution in [2.45, 2.75) is 18.9 Å². The number of halogens is 1. The highest BCUT2D eigenvalue weighted by molar-refractivity contribution is 7.17. The van der Waals surface area contributed by atoms with Gasteiger partial charge in [0.1, 0.15) is 5.82 Å². The first kappa shape index (κ1) is 15.6. The van der Waals surface area contributed by atoms with Crippen LogP contribution in [0.4, 0.5) is 9.18 Å². The molecular formula is C18H19FN2O2S. The Morgan fingerprint density at radius 3 is 2.79 bits per heavy atom. The zero-order chi connectivity index (χ0) is 16.5. The molecule has 1 amide bonds. The van der Waals surface area contributed by atoms with Gasteiger partial charge in [0.05, 0.1) is 0 Å². The minimum atomic E-state index is -0.401. The van der Waals surface area contributed by atoms with Gasteiger partial charge in [-0.3, -0.25) is 0 Å². The molecule has 3 fully saturated rings. The summed E-state index contributed by atoms with van der Waals surface area (Å²) in [6.45, 7) is 3.19. The first-order valence-corrected chi connectivity index (χ1v) is 9.05. The number of carbonyl (C=O) groups is 1. The summed E-state index contributed by atoms with van der Waals surface area (Å²) in [5, 5.41) is 3.52. The number of thiophene rings is 1. The van der Waals surface area contributed by atoms with Gasteiger partial charge in [-0.1, -0.05) is 23.5 Å². The lowest BCUT2D eigenvalue weighted by Gasteiger charge is -2.44. The van der Waals surface area contributed by atoms with Crippen LogP contribution in [0.5, 0.6) is 5.06 Å². The molecule has 0 saturated carbocycles. The summed E-state index contributed by atoms with van der Waals surface area (Å²) >= 11 is 1.34. The normalized spacial score (nSPS) is 25.5. The van der Waals surface area contributed by atoms with Crippen molar-refractivity contribution in [3.8, 4) is 15.5 Å². The van der Waals surface area contributed by atoms with E-state index in [4.69, 9.17) is 4.74 Å². The molecule has 1 aromatic heterocycles. The predicted octanol–water partition coefficient (Wildman–Crippen LogP) is 3.74. The Kier molecular flexibility index (Phi) is 4.24. The highest BCUT2D eigenvalue weighted by Crippen LogP contribution is 2.33. The number of rotatable bonds is 3. The fraction of sp³-hybridized carbons (Fsp3) is 0.389. The Labute approximate surface area is 144 Å². The maximum atomic E-state index is 13.3. The molecule has 1 N–H and O–H groups in total. The molecule has 24 heavy (non-hydrogen) atoms. The molecule has 126 valence electrons. The van der Waals surface area contributed by atoms with Crippen molar-refractivity contribution in [2.24, 2.45) is 5.92 Å². The van der Waals surface area contributed by atoms with Gasteiger partial charge < -0.3 is 15.0 Å². The number of fused-ring (bicyclic) bond motifs is 3. The molecule has 2 bridgehead atoms. The van der Waals surface area contributed by atoms with Crippen molar-refractivity contribution in [2.75, 3.05) is 19.6 Å². The van der Waals surface area contributed by atoms with Crippen LogP contribution in [-0.4, -0.2) is 36.7 Å². The van der Waals surface area contributed by atoms with E-state index in [1.54, 1.807) is 12.1 Å². The van der Waals surface area contributed by atoms with Crippen molar-refractivity contribution in [1.82, 2.24) is 10.2 Å². The molecule has 0 aliphatic carbocycles. The molecule has 1 aromatic carbocycles. The van der Waals surface area contributed by atoms with Crippen molar-refractivity contribution >= 4 is 17.4 Å². The zero-order valence-corrected chi connectivity index (χ0v) is 14.0. The lowest BCUT2D eigenvalue weighted by atomic mass is 9.84. The van der Waals surface area contributed by atoms with E-state index in [1.807, 2.05) is 12.1 Å². The molecule has 3 saturated heterocycles. The molecule has 2 aromatic rings. The number of piperidine rings is 3. The topological polar surface area (TPSA) is 41.6 Å². The van der Waals surface area contributed by atoms with Gasteiger partial charge in [-0.25, -0.2) is 9.18 Å². The van der Waals surface area contributed by atoms with Gasteiger partial charge in [0.25, 0.3) is 0 Å². The molecule has 4 heterocycles. The van der Waals surface area contributed by atoms with Crippen LogP contribution < -0.4 is 10.1 Å². The molecule has 0 spiro atoms. The molecular weight excluding hydrogens is 327 g/mol. The van der Waals surface area contributed by atoms with E-state index in [0.717, 1.165) is 42.9 Å². The third-order valence-electron chi connectivity index (χ3n) is 4.84. The third-order valence-corrected chi connectivity index (χ3v) is 5.86. The van der Waals surface area contributed by atoms with Gasteiger partial charge >= 0.3 is 6.09 Å². The highest BCUT2D eigenvalue weighted by Gasteiger charge is 2.35.